The molecule has 0 saturated heterocycles. The summed E-state index contributed by atoms with van der Waals surface area (Å²) < 4.78 is 25.6. The van der Waals surface area contributed by atoms with Crippen LogP contribution in [0.2, 0.25) is 5.02 Å². The van der Waals surface area contributed by atoms with Crippen LogP contribution in [0.4, 0.5) is 9.18 Å². The van der Waals surface area contributed by atoms with E-state index in [1.54, 1.807) is 44.2 Å². The number of nitrogens with zero attached hydrogens (tertiary/aromatic N) is 1. The highest BCUT2D eigenvalue weighted by Crippen LogP contribution is 2.33. The van der Waals surface area contributed by atoms with Crippen molar-refractivity contribution in [2.24, 2.45) is 0 Å². The smallest absolute Gasteiger partial charge is 0.338 e. The Kier molecular flexibility index (Phi) is 6.95. The molecular formula is C22H22ClFN2O4. The van der Waals surface area contributed by atoms with E-state index in [4.69, 9.17) is 21.1 Å². The van der Waals surface area contributed by atoms with Crippen molar-refractivity contribution >= 4 is 23.6 Å². The predicted molar refractivity (Wildman–Crippen MR) is 111 cm³/mol. The highest BCUT2D eigenvalue weighted by atomic mass is 35.5. The zero-order chi connectivity index (χ0) is 21.7. The van der Waals surface area contributed by atoms with Gasteiger partial charge in [0.2, 0.25) is 0 Å². The average Bonchev–Trinajstić information content (AvgIpc) is 2.73. The molecule has 0 radical (unpaired) electrons. The summed E-state index contributed by atoms with van der Waals surface area (Å²) in [6.45, 7) is 3.73. The fraction of sp³-hybridized carbons (Fsp3) is 0.273. The minimum atomic E-state index is -1.01. The summed E-state index contributed by atoms with van der Waals surface area (Å²) in [6.07, 6.45) is 0. The summed E-state index contributed by atoms with van der Waals surface area (Å²) in [5.74, 6) is -0.790. The number of carbonyl (C=O) groups excluding carboxylic acids is 2. The average molecular weight is 433 g/mol. The fourth-order valence-corrected chi connectivity index (χ4v) is 3.48. The number of carbonyl (C=O) groups is 2. The molecule has 0 unspecified atom stereocenters. The summed E-state index contributed by atoms with van der Waals surface area (Å²) in [6, 6.07) is 11.4. The second-order valence-electron chi connectivity index (χ2n) is 6.45. The maximum Gasteiger partial charge on any atom is 0.338 e. The van der Waals surface area contributed by atoms with Gasteiger partial charge in [0.05, 0.1) is 28.9 Å². The third-order valence-electron chi connectivity index (χ3n) is 4.67. The molecule has 158 valence electrons. The minimum Gasteiger partial charge on any atom is -0.486 e. The third kappa shape index (κ3) is 4.41. The summed E-state index contributed by atoms with van der Waals surface area (Å²) in [5, 5.41) is 3.10. The first-order valence-corrected chi connectivity index (χ1v) is 9.95. The molecule has 6 nitrogen and oxygen atoms in total. The molecule has 2 aromatic rings. The van der Waals surface area contributed by atoms with Gasteiger partial charge in [0, 0.05) is 12.1 Å². The lowest BCUT2D eigenvalue weighted by molar-refractivity contribution is -0.139. The Bertz CT molecular complexity index is 979. The van der Waals surface area contributed by atoms with Crippen molar-refractivity contribution in [3.63, 3.8) is 0 Å². The lowest BCUT2D eigenvalue weighted by atomic mass is 9.94. The molecule has 1 N–H and O–H groups in total. The number of rotatable bonds is 7. The lowest BCUT2D eigenvalue weighted by Gasteiger charge is -2.36. The van der Waals surface area contributed by atoms with Gasteiger partial charge in [-0.15, -0.1) is 0 Å². The Labute approximate surface area is 179 Å². The Morgan fingerprint density at radius 3 is 2.53 bits per heavy atom. The maximum atomic E-state index is 14.5. The zero-order valence-electron chi connectivity index (χ0n) is 16.7. The van der Waals surface area contributed by atoms with Crippen molar-refractivity contribution in [1.82, 2.24) is 10.2 Å². The zero-order valence-corrected chi connectivity index (χ0v) is 17.4. The van der Waals surface area contributed by atoms with E-state index in [1.165, 1.54) is 23.1 Å². The number of urea groups is 1. The maximum absolute atomic E-state index is 14.5. The molecule has 0 fully saturated rings. The second-order valence-corrected chi connectivity index (χ2v) is 6.86. The van der Waals surface area contributed by atoms with Gasteiger partial charge in [0.15, 0.2) is 0 Å². The molecule has 2 amide bonds. The van der Waals surface area contributed by atoms with E-state index < -0.39 is 23.9 Å². The summed E-state index contributed by atoms with van der Waals surface area (Å²) in [4.78, 5) is 27.0. The molecule has 30 heavy (non-hydrogen) atoms. The van der Waals surface area contributed by atoms with E-state index in [9.17, 15) is 14.0 Å². The van der Waals surface area contributed by atoms with Crippen LogP contribution in [0.3, 0.4) is 0 Å². The number of para-hydroxylation sites is 1. The van der Waals surface area contributed by atoms with E-state index >= 15 is 0 Å². The van der Waals surface area contributed by atoms with E-state index in [0.29, 0.717) is 16.5 Å². The van der Waals surface area contributed by atoms with Crippen LogP contribution in [-0.2, 0) is 9.53 Å². The Balaban J connectivity index is 2.10. The monoisotopic (exact) mass is 432 g/mol. The molecular weight excluding hydrogens is 411 g/mol. The number of esters is 1. The van der Waals surface area contributed by atoms with Crippen molar-refractivity contribution in [1.29, 1.82) is 0 Å². The molecule has 0 bridgehead atoms. The SMILES string of the molecule is CCOC(=O)C1=C(COc2ccccc2Cl)N(CC)C(=O)N[C@H]1c1ccccc1F. The van der Waals surface area contributed by atoms with Gasteiger partial charge in [-0.25, -0.2) is 14.0 Å². The first-order chi connectivity index (χ1) is 14.5. The van der Waals surface area contributed by atoms with Crippen molar-refractivity contribution in [3.05, 3.63) is 76.2 Å². The van der Waals surface area contributed by atoms with Crippen molar-refractivity contribution in [2.45, 2.75) is 19.9 Å². The third-order valence-corrected chi connectivity index (χ3v) is 4.98. The number of ether oxygens (including phenoxy) is 2. The molecule has 2 aromatic carbocycles. The van der Waals surface area contributed by atoms with Gasteiger partial charge in [-0.2, -0.15) is 0 Å². The lowest BCUT2D eigenvalue weighted by Crippen LogP contribution is -2.49. The molecule has 0 aromatic heterocycles. The van der Waals surface area contributed by atoms with Crippen LogP contribution in [0.5, 0.6) is 5.75 Å². The predicted octanol–water partition coefficient (Wildman–Crippen LogP) is 4.46. The summed E-state index contributed by atoms with van der Waals surface area (Å²) in [5.41, 5.74) is 0.586. The molecule has 1 aliphatic heterocycles. The molecule has 1 atom stereocenters. The molecule has 0 aliphatic carbocycles. The highest BCUT2D eigenvalue weighted by molar-refractivity contribution is 6.32. The molecule has 0 saturated carbocycles. The first-order valence-electron chi connectivity index (χ1n) is 9.57. The van der Waals surface area contributed by atoms with Crippen molar-refractivity contribution in [2.75, 3.05) is 19.8 Å². The van der Waals surface area contributed by atoms with Crippen LogP contribution in [0.25, 0.3) is 0 Å². The van der Waals surface area contributed by atoms with Crippen LogP contribution in [0.15, 0.2) is 59.8 Å². The molecule has 1 heterocycles. The quantitative estimate of drug-likeness (QED) is 0.656. The van der Waals surface area contributed by atoms with Crippen molar-refractivity contribution < 1.29 is 23.5 Å². The van der Waals surface area contributed by atoms with Gasteiger partial charge in [0.1, 0.15) is 18.2 Å². The summed E-state index contributed by atoms with van der Waals surface area (Å²) in [7, 11) is 0. The van der Waals surface area contributed by atoms with E-state index in [1.807, 2.05) is 0 Å². The van der Waals surface area contributed by atoms with Gasteiger partial charge in [-0.05, 0) is 32.0 Å². The van der Waals surface area contributed by atoms with Crippen LogP contribution >= 0.6 is 11.6 Å². The Morgan fingerprint density at radius 1 is 1.17 bits per heavy atom. The van der Waals surface area contributed by atoms with Crippen LogP contribution in [-0.4, -0.2) is 36.7 Å². The van der Waals surface area contributed by atoms with Gasteiger partial charge < -0.3 is 14.8 Å². The minimum absolute atomic E-state index is 0.121. The number of hydrogen-bond acceptors (Lipinski definition) is 4. The normalized spacial score (nSPS) is 16.3. The van der Waals surface area contributed by atoms with Gasteiger partial charge in [-0.1, -0.05) is 41.9 Å². The number of benzene rings is 2. The number of likely N-dealkylation sites (N-methyl/N-ethyl adjacent to an activating group) is 1. The van der Waals surface area contributed by atoms with Crippen LogP contribution < -0.4 is 10.1 Å². The van der Waals surface area contributed by atoms with E-state index in [2.05, 4.69) is 5.32 Å². The Morgan fingerprint density at radius 2 is 1.87 bits per heavy atom. The summed E-state index contributed by atoms with van der Waals surface area (Å²) >= 11 is 6.16. The number of hydrogen-bond donors (Lipinski definition) is 1. The van der Waals surface area contributed by atoms with Crippen LogP contribution in [0.1, 0.15) is 25.5 Å². The molecule has 3 rings (SSSR count). The topological polar surface area (TPSA) is 67.9 Å². The van der Waals surface area contributed by atoms with Gasteiger partial charge >= 0.3 is 12.0 Å². The van der Waals surface area contributed by atoms with Crippen LogP contribution in [0, 0.1) is 5.82 Å². The Hall–Kier alpha value is -3.06. The second kappa shape index (κ2) is 9.63. The fourth-order valence-electron chi connectivity index (χ4n) is 3.29. The molecule has 1 aliphatic rings. The number of halogens is 2. The first kappa shape index (κ1) is 21.6. The van der Waals surface area contributed by atoms with Crippen molar-refractivity contribution in [3.8, 4) is 5.75 Å². The van der Waals surface area contributed by atoms with Gasteiger partial charge in [-0.3, -0.25) is 4.90 Å². The standard InChI is InChI=1S/C22H22ClFN2O4/c1-3-26-17(13-30-18-12-8-6-10-15(18)23)19(21(27)29-4-2)20(25-22(26)28)14-9-5-7-11-16(14)24/h5-12,20H,3-4,13H2,1-2H3,(H,25,28)/t20-/m0/s1. The largest absolute Gasteiger partial charge is 0.486 e. The number of amides is 2. The number of nitrogens with one attached hydrogen (secondary N) is 1. The molecule has 0 spiro atoms. The molecule has 8 heteroatoms. The van der Waals surface area contributed by atoms with Gasteiger partial charge in [0.25, 0.3) is 0 Å². The van der Waals surface area contributed by atoms with E-state index in [0.717, 1.165) is 0 Å². The van der Waals surface area contributed by atoms with E-state index in [-0.39, 0.29) is 30.9 Å². The highest BCUT2D eigenvalue weighted by Gasteiger charge is 2.39.